The summed E-state index contributed by atoms with van der Waals surface area (Å²) in [5.74, 6) is 7.61. The normalized spacial score (nSPS) is 11.8. The molecule has 130 valence electrons. The van der Waals surface area contributed by atoms with E-state index in [1.54, 1.807) is 5.01 Å². The van der Waals surface area contributed by atoms with E-state index >= 15 is 0 Å². The zero-order valence-electron chi connectivity index (χ0n) is 14.9. The van der Waals surface area contributed by atoms with E-state index in [2.05, 4.69) is 20.8 Å². The molecule has 0 radical (unpaired) electrons. The van der Waals surface area contributed by atoms with E-state index in [0.717, 1.165) is 43.2 Å². The average molecular weight is 319 g/mol. The van der Waals surface area contributed by atoms with Gasteiger partial charge in [0.2, 0.25) is 0 Å². The van der Waals surface area contributed by atoms with Crippen LogP contribution in [0.3, 0.4) is 0 Å². The molecule has 0 aromatic heterocycles. The molecule has 0 aliphatic carbocycles. The summed E-state index contributed by atoms with van der Waals surface area (Å²) in [5, 5.41) is 1.66. The molecule has 4 N–H and O–H groups in total. The van der Waals surface area contributed by atoms with E-state index in [1.165, 1.54) is 18.4 Å². The van der Waals surface area contributed by atoms with Gasteiger partial charge >= 0.3 is 0 Å². The first kappa shape index (κ1) is 19.4. The van der Waals surface area contributed by atoms with Gasteiger partial charge in [0.1, 0.15) is 5.75 Å². The Labute approximate surface area is 141 Å². The maximum absolute atomic E-state index is 6.01. The molecule has 0 amide bonds. The van der Waals surface area contributed by atoms with Gasteiger partial charge in [0.15, 0.2) is 0 Å². The summed E-state index contributed by atoms with van der Waals surface area (Å²) in [7, 11) is 0. The zero-order valence-corrected chi connectivity index (χ0v) is 14.9. The van der Waals surface area contributed by atoms with Gasteiger partial charge in [-0.05, 0) is 37.8 Å². The summed E-state index contributed by atoms with van der Waals surface area (Å²) in [5.41, 5.74) is 8.10. The van der Waals surface area contributed by atoms with E-state index in [0.29, 0.717) is 6.61 Å². The molecule has 0 saturated heterocycles. The van der Waals surface area contributed by atoms with Crippen LogP contribution in [-0.4, -0.2) is 18.2 Å². The van der Waals surface area contributed by atoms with Crippen molar-refractivity contribution in [3.63, 3.8) is 0 Å². The monoisotopic (exact) mass is 319 g/mol. The third kappa shape index (κ3) is 9.84. The van der Waals surface area contributed by atoms with Crippen molar-refractivity contribution in [2.45, 2.75) is 52.9 Å². The molecule has 0 aliphatic heterocycles. The molecule has 0 saturated carbocycles. The number of ether oxygens (including phenoxy) is 1. The summed E-state index contributed by atoms with van der Waals surface area (Å²) < 4.78 is 5.68. The van der Waals surface area contributed by atoms with Crippen molar-refractivity contribution in [1.29, 1.82) is 0 Å². The SMILES string of the molecule is Cc1ccc(OCCCN(N)/C=C(\N)CCCCC(C)C)cc1. The highest BCUT2D eigenvalue weighted by atomic mass is 16.5. The fourth-order valence-corrected chi connectivity index (χ4v) is 2.30. The number of unbranched alkanes of at least 4 members (excludes halogenated alkanes) is 1. The first-order chi connectivity index (χ1) is 11.0. The van der Waals surface area contributed by atoms with Gasteiger partial charge in [0.05, 0.1) is 6.61 Å². The molecular formula is C19H33N3O. The predicted molar refractivity (Wildman–Crippen MR) is 97.8 cm³/mol. The van der Waals surface area contributed by atoms with Crippen molar-refractivity contribution in [1.82, 2.24) is 5.01 Å². The van der Waals surface area contributed by atoms with Gasteiger partial charge in [0, 0.05) is 24.9 Å². The Hall–Kier alpha value is -1.68. The van der Waals surface area contributed by atoms with Crippen molar-refractivity contribution >= 4 is 0 Å². The van der Waals surface area contributed by atoms with Crippen LogP contribution >= 0.6 is 0 Å². The van der Waals surface area contributed by atoms with E-state index in [-0.39, 0.29) is 0 Å². The molecule has 0 spiro atoms. The predicted octanol–water partition coefficient (Wildman–Crippen LogP) is 3.96. The lowest BCUT2D eigenvalue weighted by atomic mass is 10.0. The fraction of sp³-hybridized carbons (Fsp3) is 0.579. The molecular weight excluding hydrogens is 286 g/mol. The molecule has 1 aromatic rings. The molecule has 23 heavy (non-hydrogen) atoms. The van der Waals surface area contributed by atoms with Crippen molar-refractivity contribution in [2.24, 2.45) is 17.5 Å². The fourth-order valence-electron chi connectivity index (χ4n) is 2.30. The van der Waals surface area contributed by atoms with Gasteiger partial charge in [-0.2, -0.15) is 0 Å². The van der Waals surface area contributed by atoms with Crippen LogP contribution in [0.15, 0.2) is 36.2 Å². The molecule has 4 nitrogen and oxygen atoms in total. The molecule has 0 aliphatic rings. The van der Waals surface area contributed by atoms with Gasteiger partial charge in [-0.15, -0.1) is 0 Å². The minimum atomic E-state index is 0.652. The molecule has 0 atom stereocenters. The van der Waals surface area contributed by atoms with Crippen molar-refractivity contribution in [2.75, 3.05) is 13.2 Å². The van der Waals surface area contributed by atoms with Crippen LogP contribution in [0.1, 0.15) is 51.5 Å². The largest absolute Gasteiger partial charge is 0.494 e. The first-order valence-electron chi connectivity index (χ1n) is 8.64. The minimum absolute atomic E-state index is 0.652. The van der Waals surface area contributed by atoms with Crippen molar-refractivity contribution in [3.05, 3.63) is 41.7 Å². The number of aryl methyl sites for hydroxylation is 1. The van der Waals surface area contributed by atoms with Crippen LogP contribution < -0.4 is 16.3 Å². The number of rotatable bonds is 11. The molecule has 0 bridgehead atoms. The highest BCUT2D eigenvalue weighted by Gasteiger charge is 1.99. The number of nitrogens with two attached hydrogens (primary N) is 2. The summed E-state index contributed by atoms with van der Waals surface area (Å²) >= 11 is 0. The quantitative estimate of drug-likeness (QED) is 0.368. The lowest BCUT2D eigenvalue weighted by molar-refractivity contribution is 0.278. The van der Waals surface area contributed by atoms with Gasteiger partial charge in [0.25, 0.3) is 0 Å². The standard InChI is InChI=1S/C19H33N3O/c1-16(2)7-4-5-8-18(20)15-22(21)13-6-14-23-19-11-9-17(3)10-12-19/h9-12,15-16H,4-8,13-14,20-21H2,1-3H3/b18-15-. The van der Waals surface area contributed by atoms with Crippen LogP contribution in [0, 0.1) is 12.8 Å². The van der Waals surface area contributed by atoms with Crippen molar-refractivity contribution < 1.29 is 4.74 Å². The van der Waals surface area contributed by atoms with Crippen LogP contribution in [0.4, 0.5) is 0 Å². The van der Waals surface area contributed by atoms with Crippen LogP contribution in [-0.2, 0) is 0 Å². The second kappa shape index (κ2) is 10.9. The Morgan fingerprint density at radius 2 is 1.87 bits per heavy atom. The van der Waals surface area contributed by atoms with Gasteiger partial charge in [-0.1, -0.05) is 44.4 Å². The number of hydrogen-bond donors (Lipinski definition) is 2. The van der Waals surface area contributed by atoms with E-state index < -0.39 is 0 Å². The summed E-state index contributed by atoms with van der Waals surface area (Å²) in [4.78, 5) is 0. The number of hydrazine groups is 1. The van der Waals surface area contributed by atoms with E-state index in [4.69, 9.17) is 16.3 Å². The maximum Gasteiger partial charge on any atom is 0.119 e. The Morgan fingerprint density at radius 3 is 2.52 bits per heavy atom. The Bertz CT molecular complexity index is 454. The van der Waals surface area contributed by atoms with Gasteiger partial charge in [-0.3, -0.25) is 0 Å². The third-order valence-corrected chi connectivity index (χ3v) is 3.68. The average Bonchev–Trinajstić information content (AvgIpc) is 2.49. The molecule has 1 aromatic carbocycles. The van der Waals surface area contributed by atoms with Crippen LogP contribution in [0.2, 0.25) is 0 Å². The second-order valence-electron chi connectivity index (χ2n) is 6.60. The highest BCUT2D eigenvalue weighted by molar-refractivity contribution is 5.26. The first-order valence-corrected chi connectivity index (χ1v) is 8.64. The summed E-state index contributed by atoms with van der Waals surface area (Å²) in [6, 6.07) is 8.08. The van der Waals surface area contributed by atoms with E-state index in [1.807, 2.05) is 30.5 Å². The number of nitrogens with zero attached hydrogens (tertiary/aromatic N) is 1. The van der Waals surface area contributed by atoms with Gasteiger partial charge in [-0.25, -0.2) is 5.84 Å². The number of benzene rings is 1. The smallest absolute Gasteiger partial charge is 0.119 e. The third-order valence-electron chi connectivity index (χ3n) is 3.68. The highest BCUT2D eigenvalue weighted by Crippen LogP contribution is 2.12. The number of allylic oxidation sites excluding steroid dienone is 1. The second-order valence-corrected chi connectivity index (χ2v) is 6.60. The minimum Gasteiger partial charge on any atom is -0.494 e. The Morgan fingerprint density at radius 1 is 1.17 bits per heavy atom. The summed E-state index contributed by atoms with van der Waals surface area (Å²) in [6.07, 6.45) is 7.24. The van der Waals surface area contributed by atoms with E-state index in [9.17, 15) is 0 Å². The van der Waals surface area contributed by atoms with Crippen LogP contribution in [0.25, 0.3) is 0 Å². The lowest BCUT2D eigenvalue weighted by Crippen LogP contribution is -2.28. The Balaban J connectivity index is 2.13. The summed E-state index contributed by atoms with van der Waals surface area (Å²) in [6.45, 7) is 7.95. The number of hydrogen-bond acceptors (Lipinski definition) is 4. The molecule has 0 unspecified atom stereocenters. The van der Waals surface area contributed by atoms with Crippen molar-refractivity contribution in [3.8, 4) is 5.75 Å². The molecule has 1 rings (SSSR count). The molecule has 0 fully saturated rings. The topological polar surface area (TPSA) is 64.5 Å². The lowest BCUT2D eigenvalue weighted by Gasteiger charge is -2.15. The van der Waals surface area contributed by atoms with Crippen LogP contribution in [0.5, 0.6) is 5.75 Å². The molecule has 0 heterocycles. The maximum atomic E-state index is 6.01. The zero-order chi connectivity index (χ0) is 17.1. The molecule has 4 heteroatoms. The Kier molecular flexibility index (Phi) is 9.22. The van der Waals surface area contributed by atoms with Gasteiger partial charge < -0.3 is 15.5 Å².